The van der Waals surface area contributed by atoms with Crippen LogP contribution < -0.4 is 14.8 Å². The predicted octanol–water partition coefficient (Wildman–Crippen LogP) is 4.83. The molecule has 0 unspecified atom stereocenters. The van der Waals surface area contributed by atoms with Gasteiger partial charge in [-0.15, -0.1) is 0 Å². The molecule has 0 atom stereocenters. The van der Waals surface area contributed by atoms with Crippen molar-refractivity contribution in [3.8, 4) is 17.6 Å². The molecular formula is C19H16ClN3O2. The van der Waals surface area contributed by atoms with Crippen LogP contribution in [0.25, 0.3) is 10.9 Å². The summed E-state index contributed by atoms with van der Waals surface area (Å²) >= 11 is 6.03. The van der Waals surface area contributed by atoms with E-state index in [0.29, 0.717) is 33.3 Å². The van der Waals surface area contributed by atoms with Crippen molar-refractivity contribution in [2.75, 3.05) is 19.5 Å². The fraction of sp³-hybridized carbons (Fsp3) is 0.158. The summed E-state index contributed by atoms with van der Waals surface area (Å²) in [6.45, 7) is 1.95. The van der Waals surface area contributed by atoms with Crippen LogP contribution in [0.2, 0.25) is 5.02 Å². The fourth-order valence-electron chi connectivity index (χ4n) is 2.70. The number of methoxy groups -OCH3 is 2. The first-order valence-electron chi connectivity index (χ1n) is 7.56. The van der Waals surface area contributed by atoms with E-state index >= 15 is 0 Å². The molecule has 5 nitrogen and oxygen atoms in total. The first-order valence-corrected chi connectivity index (χ1v) is 7.93. The van der Waals surface area contributed by atoms with Gasteiger partial charge >= 0.3 is 0 Å². The molecule has 1 aromatic heterocycles. The lowest BCUT2D eigenvalue weighted by molar-refractivity contribution is 0.358. The third-order valence-electron chi connectivity index (χ3n) is 3.95. The number of fused-ring (bicyclic) bond motifs is 1. The SMILES string of the molecule is COc1ccc2c(Nc3ccc(Cl)cc3C)c(C#N)cnc2c1OC. The molecule has 0 amide bonds. The van der Waals surface area contributed by atoms with Gasteiger partial charge in [0.25, 0.3) is 0 Å². The summed E-state index contributed by atoms with van der Waals surface area (Å²) in [5.41, 5.74) is 3.56. The zero-order valence-corrected chi connectivity index (χ0v) is 14.8. The van der Waals surface area contributed by atoms with Crippen molar-refractivity contribution in [3.05, 3.63) is 52.7 Å². The van der Waals surface area contributed by atoms with Crippen LogP contribution in [0.3, 0.4) is 0 Å². The van der Waals surface area contributed by atoms with E-state index < -0.39 is 0 Å². The lowest BCUT2D eigenvalue weighted by atomic mass is 10.1. The van der Waals surface area contributed by atoms with Gasteiger partial charge in [0.1, 0.15) is 11.6 Å². The van der Waals surface area contributed by atoms with Crippen molar-refractivity contribution in [1.82, 2.24) is 4.98 Å². The smallest absolute Gasteiger partial charge is 0.187 e. The lowest BCUT2D eigenvalue weighted by Crippen LogP contribution is -2.00. The second-order valence-corrected chi connectivity index (χ2v) is 5.88. The number of aromatic nitrogens is 1. The number of rotatable bonds is 4. The Morgan fingerprint density at radius 3 is 2.60 bits per heavy atom. The van der Waals surface area contributed by atoms with Gasteiger partial charge in [0.15, 0.2) is 11.5 Å². The molecule has 126 valence electrons. The van der Waals surface area contributed by atoms with Crippen molar-refractivity contribution in [3.63, 3.8) is 0 Å². The number of ether oxygens (including phenoxy) is 2. The average Bonchev–Trinajstić information content (AvgIpc) is 2.62. The molecule has 0 aliphatic heterocycles. The normalized spacial score (nSPS) is 10.4. The number of aryl methyl sites for hydroxylation is 1. The quantitative estimate of drug-likeness (QED) is 0.727. The fourth-order valence-corrected chi connectivity index (χ4v) is 2.93. The first kappa shape index (κ1) is 16.9. The molecule has 0 spiro atoms. The topological polar surface area (TPSA) is 67.2 Å². The number of nitrogens with zero attached hydrogens (tertiary/aromatic N) is 2. The number of benzene rings is 2. The molecule has 2 aromatic carbocycles. The molecular weight excluding hydrogens is 338 g/mol. The van der Waals surface area contributed by atoms with E-state index in [1.54, 1.807) is 26.4 Å². The minimum atomic E-state index is 0.439. The van der Waals surface area contributed by atoms with Crippen molar-refractivity contribution in [2.24, 2.45) is 0 Å². The Balaban J connectivity index is 2.23. The van der Waals surface area contributed by atoms with E-state index in [0.717, 1.165) is 16.6 Å². The van der Waals surface area contributed by atoms with Gasteiger partial charge in [-0.05, 0) is 42.8 Å². The summed E-state index contributed by atoms with van der Waals surface area (Å²) in [5.74, 6) is 1.11. The molecule has 3 aromatic rings. The monoisotopic (exact) mass is 353 g/mol. The Kier molecular flexibility index (Phi) is 4.64. The Bertz CT molecular complexity index is 996. The Hall–Kier alpha value is -2.97. The summed E-state index contributed by atoms with van der Waals surface area (Å²) in [5, 5.41) is 14.3. The molecule has 0 saturated carbocycles. The second kappa shape index (κ2) is 6.88. The summed E-state index contributed by atoms with van der Waals surface area (Å²) in [6.07, 6.45) is 1.53. The number of nitriles is 1. The summed E-state index contributed by atoms with van der Waals surface area (Å²) in [4.78, 5) is 4.38. The number of pyridine rings is 1. The molecule has 3 rings (SSSR count). The Labute approximate surface area is 150 Å². The van der Waals surface area contributed by atoms with E-state index in [1.165, 1.54) is 6.20 Å². The number of hydrogen-bond donors (Lipinski definition) is 1. The molecule has 1 heterocycles. The third kappa shape index (κ3) is 3.04. The van der Waals surface area contributed by atoms with Gasteiger partial charge in [0.05, 0.1) is 25.5 Å². The summed E-state index contributed by atoms with van der Waals surface area (Å²) < 4.78 is 10.8. The second-order valence-electron chi connectivity index (χ2n) is 5.44. The molecule has 25 heavy (non-hydrogen) atoms. The minimum Gasteiger partial charge on any atom is -0.493 e. The number of halogens is 1. The van der Waals surface area contributed by atoms with Crippen LogP contribution in [-0.2, 0) is 0 Å². The van der Waals surface area contributed by atoms with Gasteiger partial charge in [0.2, 0.25) is 0 Å². The Morgan fingerprint density at radius 2 is 1.96 bits per heavy atom. The van der Waals surface area contributed by atoms with Crippen molar-refractivity contribution in [2.45, 2.75) is 6.92 Å². The van der Waals surface area contributed by atoms with E-state index in [-0.39, 0.29) is 0 Å². The van der Waals surface area contributed by atoms with Gasteiger partial charge < -0.3 is 14.8 Å². The molecule has 6 heteroatoms. The highest BCUT2D eigenvalue weighted by atomic mass is 35.5. The molecule has 0 radical (unpaired) electrons. The summed E-state index contributed by atoms with van der Waals surface area (Å²) in [6, 6.07) is 11.4. The molecule has 0 aliphatic rings. The van der Waals surface area contributed by atoms with Crippen LogP contribution in [-0.4, -0.2) is 19.2 Å². The van der Waals surface area contributed by atoms with Crippen LogP contribution in [0, 0.1) is 18.3 Å². The van der Waals surface area contributed by atoms with Gasteiger partial charge in [-0.2, -0.15) is 5.26 Å². The van der Waals surface area contributed by atoms with E-state index in [9.17, 15) is 5.26 Å². The maximum absolute atomic E-state index is 9.49. The van der Waals surface area contributed by atoms with Gasteiger partial charge in [-0.25, -0.2) is 0 Å². The molecule has 0 aliphatic carbocycles. The van der Waals surface area contributed by atoms with Crippen molar-refractivity contribution >= 4 is 33.9 Å². The van der Waals surface area contributed by atoms with Crippen LogP contribution in [0.4, 0.5) is 11.4 Å². The third-order valence-corrected chi connectivity index (χ3v) is 4.18. The van der Waals surface area contributed by atoms with E-state index in [4.69, 9.17) is 21.1 Å². The van der Waals surface area contributed by atoms with Crippen LogP contribution in [0.1, 0.15) is 11.1 Å². The van der Waals surface area contributed by atoms with Crippen LogP contribution in [0.5, 0.6) is 11.5 Å². The zero-order valence-electron chi connectivity index (χ0n) is 14.1. The highest BCUT2D eigenvalue weighted by molar-refractivity contribution is 6.30. The lowest BCUT2D eigenvalue weighted by Gasteiger charge is -2.16. The maximum Gasteiger partial charge on any atom is 0.187 e. The molecule has 0 bridgehead atoms. The highest BCUT2D eigenvalue weighted by Gasteiger charge is 2.16. The van der Waals surface area contributed by atoms with Gasteiger partial charge in [0, 0.05) is 22.3 Å². The zero-order chi connectivity index (χ0) is 18.0. The van der Waals surface area contributed by atoms with Crippen molar-refractivity contribution in [1.29, 1.82) is 5.26 Å². The van der Waals surface area contributed by atoms with Crippen molar-refractivity contribution < 1.29 is 9.47 Å². The van der Waals surface area contributed by atoms with Gasteiger partial charge in [-0.1, -0.05) is 11.6 Å². The largest absolute Gasteiger partial charge is 0.493 e. The average molecular weight is 354 g/mol. The number of hydrogen-bond acceptors (Lipinski definition) is 5. The highest BCUT2D eigenvalue weighted by Crippen LogP contribution is 2.39. The molecule has 0 fully saturated rings. The Morgan fingerprint density at radius 1 is 1.16 bits per heavy atom. The van der Waals surface area contributed by atoms with Crippen LogP contribution >= 0.6 is 11.6 Å². The van der Waals surface area contributed by atoms with E-state index in [2.05, 4.69) is 16.4 Å². The predicted molar refractivity (Wildman–Crippen MR) is 99.0 cm³/mol. The number of anilines is 2. The summed E-state index contributed by atoms with van der Waals surface area (Å²) in [7, 11) is 3.14. The standard InChI is InChI=1S/C19H16ClN3O2/c1-11-8-13(20)4-6-15(11)23-17-12(9-21)10-22-18-14(17)5-7-16(24-2)19(18)25-3/h4-8,10H,1-3H3,(H,22,23). The molecule has 0 saturated heterocycles. The first-order chi connectivity index (χ1) is 12.1. The number of nitrogens with one attached hydrogen (secondary N) is 1. The maximum atomic E-state index is 9.49. The van der Waals surface area contributed by atoms with Gasteiger partial charge in [-0.3, -0.25) is 4.98 Å². The van der Waals surface area contributed by atoms with Crippen LogP contribution in [0.15, 0.2) is 36.5 Å². The minimum absolute atomic E-state index is 0.439. The van der Waals surface area contributed by atoms with E-state index in [1.807, 2.05) is 25.1 Å². The molecule has 1 N–H and O–H groups in total.